The smallest absolute Gasteiger partial charge is 0.251 e. The van der Waals surface area contributed by atoms with Crippen molar-refractivity contribution in [2.45, 2.75) is 25.7 Å². The molecule has 1 heterocycles. The summed E-state index contributed by atoms with van der Waals surface area (Å²) in [6.07, 6.45) is 3.86. The molecule has 2 fully saturated rings. The third-order valence-corrected chi connectivity index (χ3v) is 4.81. The summed E-state index contributed by atoms with van der Waals surface area (Å²) in [5.41, 5.74) is 0.986. The minimum absolute atomic E-state index is 0.0521. The summed E-state index contributed by atoms with van der Waals surface area (Å²) in [5, 5.41) is 5.39. The van der Waals surface area contributed by atoms with Crippen molar-refractivity contribution in [3.63, 3.8) is 0 Å². The van der Waals surface area contributed by atoms with Gasteiger partial charge in [-0.15, -0.1) is 0 Å². The Hall–Kier alpha value is -1.91. The van der Waals surface area contributed by atoms with Crippen LogP contribution in [0.5, 0.6) is 0 Å². The number of carbonyl (C=O) groups is 2. The van der Waals surface area contributed by atoms with Crippen LogP contribution in [0.25, 0.3) is 0 Å². The SMILES string of the molecule is O=C1NCCc2c1ccc(NC(=O)C1CC1C1CC1)c2F. The first-order chi connectivity index (χ1) is 10.1. The van der Waals surface area contributed by atoms with E-state index < -0.39 is 5.82 Å². The number of rotatable bonds is 3. The van der Waals surface area contributed by atoms with Crippen LogP contribution in [0.3, 0.4) is 0 Å². The lowest BCUT2D eigenvalue weighted by atomic mass is 9.99. The van der Waals surface area contributed by atoms with Gasteiger partial charge in [-0.05, 0) is 49.7 Å². The maximum Gasteiger partial charge on any atom is 0.251 e. The monoisotopic (exact) mass is 288 g/mol. The zero-order chi connectivity index (χ0) is 14.6. The number of benzene rings is 1. The van der Waals surface area contributed by atoms with E-state index >= 15 is 0 Å². The van der Waals surface area contributed by atoms with E-state index in [1.165, 1.54) is 18.9 Å². The van der Waals surface area contributed by atoms with Crippen molar-refractivity contribution in [2.75, 3.05) is 11.9 Å². The zero-order valence-corrected chi connectivity index (χ0v) is 11.6. The van der Waals surface area contributed by atoms with Gasteiger partial charge in [-0.2, -0.15) is 0 Å². The predicted molar refractivity (Wildman–Crippen MR) is 75.4 cm³/mol. The molecule has 2 amide bonds. The van der Waals surface area contributed by atoms with Crippen LogP contribution in [0.15, 0.2) is 12.1 Å². The number of carbonyl (C=O) groups excluding carboxylic acids is 2. The molecule has 2 atom stereocenters. The third-order valence-electron chi connectivity index (χ3n) is 4.81. The second kappa shape index (κ2) is 4.55. The maximum absolute atomic E-state index is 14.4. The molecule has 0 saturated heterocycles. The largest absolute Gasteiger partial charge is 0.352 e. The number of amides is 2. The van der Waals surface area contributed by atoms with E-state index in [-0.39, 0.29) is 23.4 Å². The summed E-state index contributed by atoms with van der Waals surface area (Å²) in [5.74, 6) is 0.500. The van der Waals surface area contributed by atoms with E-state index in [4.69, 9.17) is 0 Å². The fourth-order valence-corrected chi connectivity index (χ4v) is 3.36. The summed E-state index contributed by atoms with van der Waals surface area (Å²) in [4.78, 5) is 23.8. The van der Waals surface area contributed by atoms with Crippen LogP contribution in [0.4, 0.5) is 10.1 Å². The van der Waals surface area contributed by atoms with Gasteiger partial charge in [-0.1, -0.05) is 0 Å². The van der Waals surface area contributed by atoms with Gasteiger partial charge in [0.1, 0.15) is 0 Å². The maximum atomic E-state index is 14.4. The molecule has 0 radical (unpaired) electrons. The number of anilines is 1. The number of hydrogen-bond donors (Lipinski definition) is 2. The Morgan fingerprint density at radius 3 is 2.90 bits per heavy atom. The molecule has 2 unspecified atom stereocenters. The van der Waals surface area contributed by atoms with Crippen LogP contribution in [-0.2, 0) is 11.2 Å². The normalized spacial score (nSPS) is 26.8. The van der Waals surface area contributed by atoms with Crippen molar-refractivity contribution in [2.24, 2.45) is 17.8 Å². The van der Waals surface area contributed by atoms with E-state index in [0.717, 1.165) is 12.3 Å². The molecule has 0 bridgehead atoms. The third kappa shape index (κ3) is 2.20. The Labute approximate surface area is 122 Å². The van der Waals surface area contributed by atoms with Crippen LogP contribution in [-0.4, -0.2) is 18.4 Å². The lowest BCUT2D eigenvalue weighted by Crippen LogP contribution is -2.32. The molecule has 4 rings (SSSR count). The highest BCUT2D eigenvalue weighted by Crippen LogP contribution is 2.54. The fraction of sp³-hybridized carbons (Fsp3) is 0.500. The molecule has 1 aliphatic heterocycles. The first-order valence-electron chi connectivity index (χ1n) is 7.55. The van der Waals surface area contributed by atoms with Gasteiger partial charge in [0.25, 0.3) is 5.91 Å². The van der Waals surface area contributed by atoms with Gasteiger partial charge in [0, 0.05) is 23.6 Å². The lowest BCUT2D eigenvalue weighted by molar-refractivity contribution is -0.117. The summed E-state index contributed by atoms with van der Waals surface area (Å²) in [6, 6.07) is 3.08. The van der Waals surface area contributed by atoms with Crippen LogP contribution in [0.1, 0.15) is 35.2 Å². The highest BCUT2D eigenvalue weighted by atomic mass is 19.1. The van der Waals surface area contributed by atoms with E-state index in [9.17, 15) is 14.0 Å². The van der Waals surface area contributed by atoms with Crippen LogP contribution < -0.4 is 10.6 Å². The molecule has 1 aromatic rings. The van der Waals surface area contributed by atoms with Crippen LogP contribution in [0, 0.1) is 23.6 Å². The molecular formula is C16H17FN2O2. The van der Waals surface area contributed by atoms with Gasteiger partial charge in [0.2, 0.25) is 5.91 Å². The van der Waals surface area contributed by atoms with Gasteiger partial charge in [0.15, 0.2) is 5.82 Å². The topological polar surface area (TPSA) is 58.2 Å². The van der Waals surface area contributed by atoms with Gasteiger partial charge >= 0.3 is 0 Å². The van der Waals surface area contributed by atoms with Crippen molar-refractivity contribution in [3.05, 3.63) is 29.1 Å². The molecule has 2 aliphatic carbocycles. The lowest BCUT2D eigenvalue weighted by Gasteiger charge is -2.18. The molecule has 0 aromatic heterocycles. The molecule has 3 aliphatic rings. The Morgan fingerprint density at radius 1 is 1.33 bits per heavy atom. The summed E-state index contributed by atoms with van der Waals surface area (Å²) in [6.45, 7) is 0.437. The first-order valence-corrected chi connectivity index (χ1v) is 7.55. The summed E-state index contributed by atoms with van der Waals surface area (Å²) >= 11 is 0. The van der Waals surface area contributed by atoms with Crippen molar-refractivity contribution in [1.29, 1.82) is 0 Å². The average molecular weight is 288 g/mol. The first kappa shape index (κ1) is 12.8. The van der Waals surface area contributed by atoms with Crippen LogP contribution in [0.2, 0.25) is 0 Å². The standard InChI is InChI=1S/C16H17FN2O2/c17-14-9-5-6-18-15(20)10(9)3-4-13(14)19-16(21)12-7-11(12)8-1-2-8/h3-4,8,11-12H,1-2,5-7H2,(H,18,20)(H,19,21). The fourth-order valence-electron chi connectivity index (χ4n) is 3.36. The van der Waals surface area contributed by atoms with E-state index in [1.807, 2.05) is 0 Å². The minimum Gasteiger partial charge on any atom is -0.352 e. The number of hydrogen-bond acceptors (Lipinski definition) is 2. The summed E-state index contributed by atoms with van der Waals surface area (Å²) < 4.78 is 14.4. The Bertz CT molecular complexity index is 639. The second-order valence-electron chi connectivity index (χ2n) is 6.29. The average Bonchev–Trinajstić information content (AvgIpc) is 3.34. The quantitative estimate of drug-likeness (QED) is 0.895. The Kier molecular flexibility index (Phi) is 2.77. The minimum atomic E-state index is -0.459. The summed E-state index contributed by atoms with van der Waals surface area (Å²) in [7, 11) is 0. The predicted octanol–water partition coefficient (Wildman–Crippen LogP) is 2.10. The van der Waals surface area contributed by atoms with Crippen molar-refractivity contribution < 1.29 is 14.0 Å². The molecule has 2 N–H and O–H groups in total. The van der Waals surface area contributed by atoms with Crippen LogP contribution >= 0.6 is 0 Å². The molecule has 2 saturated carbocycles. The molecular weight excluding hydrogens is 271 g/mol. The van der Waals surface area contributed by atoms with E-state index in [0.29, 0.717) is 30.0 Å². The zero-order valence-electron chi connectivity index (χ0n) is 11.6. The van der Waals surface area contributed by atoms with Crippen molar-refractivity contribution in [1.82, 2.24) is 5.32 Å². The molecule has 5 heteroatoms. The second-order valence-corrected chi connectivity index (χ2v) is 6.29. The van der Waals surface area contributed by atoms with Gasteiger partial charge < -0.3 is 10.6 Å². The molecule has 110 valence electrons. The number of fused-ring (bicyclic) bond motifs is 1. The highest BCUT2D eigenvalue weighted by Gasteiger charge is 2.51. The highest BCUT2D eigenvalue weighted by molar-refractivity contribution is 5.99. The number of nitrogens with one attached hydrogen (secondary N) is 2. The molecule has 21 heavy (non-hydrogen) atoms. The molecule has 1 aromatic carbocycles. The van der Waals surface area contributed by atoms with E-state index in [1.54, 1.807) is 6.07 Å². The van der Waals surface area contributed by atoms with Gasteiger partial charge in [-0.25, -0.2) is 4.39 Å². The molecule has 0 spiro atoms. The van der Waals surface area contributed by atoms with E-state index in [2.05, 4.69) is 10.6 Å². The number of halogens is 1. The Morgan fingerprint density at radius 2 is 2.14 bits per heavy atom. The molecule has 4 nitrogen and oxygen atoms in total. The van der Waals surface area contributed by atoms with Gasteiger partial charge in [-0.3, -0.25) is 9.59 Å². The van der Waals surface area contributed by atoms with Crippen molar-refractivity contribution >= 4 is 17.5 Å². The Balaban J connectivity index is 1.53. The van der Waals surface area contributed by atoms with Crippen molar-refractivity contribution in [3.8, 4) is 0 Å². The van der Waals surface area contributed by atoms with Gasteiger partial charge in [0.05, 0.1) is 5.69 Å².